The molecule has 3 heteroatoms. The van der Waals surface area contributed by atoms with Crippen molar-refractivity contribution >= 4 is 5.97 Å². The maximum Gasteiger partial charge on any atom is 0.306 e. The van der Waals surface area contributed by atoms with Gasteiger partial charge in [0, 0.05) is 12.6 Å². The van der Waals surface area contributed by atoms with Crippen molar-refractivity contribution < 1.29 is 9.53 Å². The molecule has 1 aliphatic rings. The molecule has 1 N–H and O–H groups in total. The Morgan fingerprint density at radius 2 is 2.25 bits per heavy atom. The Morgan fingerprint density at radius 1 is 1.58 bits per heavy atom. The van der Waals surface area contributed by atoms with E-state index in [9.17, 15) is 4.79 Å². The van der Waals surface area contributed by atoms with E-state index >= 15 is 0 Å². The molecule has 0 saturated carbocycles. The molecule has 0 aromatic heterocycles. The molecule has 68 valence electrons. The molecule has 0 aromatic carbocycles. The van der Waals surface area contributed by atoms with Gasteiger partial charge in [-0.25, -0.2) is 0 Å². The van der Waals surface area contributed by atoms with Gasteiger partial charge in [-0.05, 0) is 12.8 Å². The van der Waals surface area contributed by atoms with Gasteiger partial charge in [0.15, 0.2) is 0 Å². The fourth-order valence-electron chi connectivity index (χ4n) is 1.26. The number of methoxy groups -OCH3 is 1. The van der Waals surface area contributed by atoms with Crippen molar-refractivity contribution in [3.8, 4) is 0 Å². The second-order valence-electron chi connectivity index (χ2n) is 2.92. The first-order chi connectivity index (χ1) is 5.83. The quantitative estimate of drug-likeness (QED) is 0.501. The van der Waals surface area contributed by atoms with Crippen molar-refractivity contribution in [2.24, 2.45) is 0 Å². The van der Waals surface area contributed by atoms with E-state index in [-0.39, 0.29) is 5.97 Å². The Labute approximate surface area is 72.8 Å². The van der Waals surface area contributed by atoms with Crippen LogP contribution in [0.3, 0.4) is 0 Å². The maximum absolute atomic E-state index is 10.7. The van der Waals surface area contributed by atoms with Crippen molar-refractivity contribution in [2.75, 3.05) is 13.7 Å². The molecular weight excluding hydrogens is 154 g/mol. The van der Waals surface area contributed by atoms with Crippen LogP contribution in [0, 0.1) is 0 Å². The van der Waals surface area contributed by atoms with Crippen LogP contribution in [-0.2, 0) is 9.53 Å². The van der Waals surface area contributed by atoms with Crippen molar-refractivity contribution in [3.63, 3.8) is 0 Å². The van der Waals surface area contributed by atoms with Crippen molar-refractivity contribution in [1.82, 2.24) is 5.32 Å². The van der Waals surface area contributed by atoms with Gasteiger partial charge in [-0.1, -0.05) is 12.2 Å². The number of esters is 1. The molecule has 0 bridgehead atoms. The summed E-state index contributed by atoms with van der Waals surface area (Å²) in [5, 5.41) is 3.28. The highest BCUT2D eigenvalue weighted by atomic mass is 16.5. The lowest BCUT2D eigenvalue weighted by Gasteiger charge is -2.10. The van der Waals surface area contributed by atoms with Gasteiger partial charge < -0.3 is 10.1 Å². The third-order valence-electron chi connectivity index (χ3n) is 2.00. The average molecular weight is 169 g/mol. The van der Waals surface area contributed by atoms with Gasteiger partial charge in [0.25, 0.3) is 0 Å². The van der Waals surface area contributed by atoms with Gasteiger partial charge in [-0.15, -0.1) is 0 Å². The van der Waals surface area contributed by atoms with Crippen LogP contribution < -0.4 is 5.32 Å². The topological polar surface area (TPSA) is 38.3 Å². The lowest BCUT2D eigenvalue weighted by molar-refractivity contribution is -0.140. The fourth-order valence-corrected chi connectivity index (χ4v) is 1.26. The van der Waals surface area contributed by atoms with Crippen LogP contribution >= 0.6 is 0 Å². The van der Waals surface area contributed by atoms with Crippen LogP contribution in [0.15, 0.2) is 12.2 Å². The van der Waals surface area contributed by atoms with E-state index in [2.05, 4.69) is 22.2 Å². The second kappa shape index (κ2) is 4.93. The van der Waals surface area contributed by atoms with Crippen LogP contribution in [0.1, 0.15) is 19.3 Å². The molecule has 3 nitrogen and oxygen atoms in total. The summed E-state index contributed by atoms with van der Waals surface area (Å²) < 4.78 is 4.52. The summed E-state index contributed by atoms with van der Waals surface area (Å²) in [6.07, 6.45) is 6.96. The van der Waals surface area contributed by atoms with Crippen LogP contribution in [-0.4, -0.2) is 25.7 Å². The summed E-state index contributed by atoms with van der Waals surface area (Å²) in [7, 11) is 1.42. The number of carbonyl (C=O) groups excluding carboxylic acids is 1. The van der Waals surface area contributed by atoms with Crippen molar-refractivity contribution in [1.29, 1.82) is 0 Å². The molecule has 0 heterocycles. The second-order valence-corrected chi connectivity index (χ2v) is 2.92. The van der Waals surface area contributed by atoms with Crippen molar-refractivity contribution in [3.05, 3.63) is 12.2 Å². The van der Waals surface area contributed by atoms with E-state index in [1.165, 1.54) is 7.11 Å². The van der Waals surface area contributed by atoms with Gasteiger partial charge in [0.05, 0.1) is 13.5 Å². The van der Waals surface area contributed by atoms with Gasteiger partial charge >= 0.3 is 5.97 Å². The molecule has 12 heavy (non-hydrogen) atoms. The summed E-state index contributed by atoms with van der Waals surface area (Å²) in [4.78, 5) is 10.7. The first kappa shape index (κ1) is 9.26. The first-order valence-corrected chi connectivity index (χ1v) is 4.28. The molecule has 0 aliphatic heterocycles. The van der Waals surface area contributed by atoms with Crippen LogP contribution in [0.25, 0.3) is 0 Å². The highest BCUT2D eigenvalue weighted by Crippen LogP contribution is 2.08. The van der Waals surface area contributed by atoms with Crippen LogP contribution in [0.4, 0.5) is 0 Å². The first-order valence-electron chi connectivity index (χ1n) is 4.28. The smallest absolute Gasteiger partial charge is 0.306 e. The molecule has 0 atom stereocenters. The standard InChI is InChI=1S/C9H15NO2/c1-12-9(11)6-7-10-8-4-2-3-5-8/h2-3,8,10H,4-7H2,1H3. The molecule has 1 rings (SSSR count). The summed E-state index contributed by atoms with van der Waals surface area (Å²) >= 11 is 0. The predicted octanol–water partition coefficient (Wildman–Crippen LogP) is 0.858. The van der Waals surface area contributed by atoms with E-state index in [4.69, 9.17) is 0 Å². The van der Waals surface area contributed by atoms with Gasteiger partial charge in [0.1, 0.15) is 0 Å². The number of rotatable bonds is 4. The Balaban J connectivity index is 1.99. The van der Waals surface area contributed by atoms with Gasteiger partial charge in [-0.2, -0.15) is 0 Å². The summed E-state index contributed by atoms with van der Waals surface area (Å²) in [6, 6.07) is 0.537. The normalized spacial score (nSPS) is 16.8. The van der Waals surface area contributed by atoms with Crippen LogP contribution in [0.2, 0.25) is 0 Å². The molecule has 0 spiro atoms. The molecule has 0 saturated heterocycles. The molecule has 0 fully saturated rings. The number of nitrogens with one attached hydrogen (secondary N) is 1. The van der Waals surface area contributed by atoms with E-state index < -0.39 is 0 Å². The zero-order valence-electron chi connectivity index (χ0n) is 7.38. The third-order valence-corrected chi connectivity index (χ3v) is 2.00. The SMILES string of the molecule is COC(=O)CCNC1CC=CC1. The van der Waals surface area contributed by atoms with E-state index in [1.807, 2.05) is 0 Å². The van der Waals surface area contributed by atoms with Crippen molar-refractivity contribution in [2.45, 2.75) is 25.3 Å². The molecule has 1 aliphatic carbocycles. The Kier molecular flexibility index (Phi) is 3.80. The highest BCUT2D eigenvalue weighted by Gasteiger charge is 2.09. The van der Waals surface area contributed by atoms with E-state index in [0.717, 1.165) is 19.4 Å². The molecule has 0 amide bonds. The number of ether oxygens (including phenoxy) is 1. The monoisotopic (exact) mass is 169 g/mol. The highest BCUT2D eigenvalue weighted by molar-refractivity contribution is 5.69. The lowest BCUT2D eigenvalue weighted by atomic mass is 10.2. The zero-order chi connectivity index (χ0) is 8.81. The Hall–Kier alpha value is -0.830. The van der Waals surface area contributed by atoms with Gasteiger partial charge in [-0.3, -0.25) is 4.79 Å². The lowest BCUT2D eigenvalue weighted by Crippen LogP contribution is -2.28. The average Bonchev–Trinajstić information content (AvgIpc) is 2.57. The molecular formula is C9H15NO2. The summed E-state index contributed by atoms with van der Waals surface area (Å²) in [5.41, 5.74) is 0. The minimum atomic E-state index is -0.145. The fraction of sp³-hybridized carbons (Fsp3) is 0.667. The zero-order valence-corrected chi connectivity index (χ0v) is 7.38. The summed E-state index contributed by atoms with van der Waals surface area (Å²) in [6.45, 7) is 0.721. The number of hydrogen-bond donors (Lipinski definition) is 1. The number of hydrogen-bond acceptors (Lipinski definition) is 3. The predicted molar refractivity (Wildman–Crippen MR) is 46.8 cm³/mol. The minimum Gasteiger partial charge on any atom is -0.469 e. The van der Waals surface area contributed by atoms with E-state index in [1.54, 1.807) is 0 Å². The third kappa shape index (κ3) is 3.05. The number of carbonyl (C=O) groups is 1. The minimum absolute atomic E-state index is 0.145. The largest absolute Gasteiger partial charge is 0.469 e. The molecule has 0 aromatic rings. The Morgan fingerprint density at radius 3 is 2.83 bits per heavy atom. The molecule has 0 radical (unpaired) electrons. The molecule has 0 unspecified atom stereocenters. The Bertz CT molecular complexity index is 169. The van der Waals surface area contributed by atoms with Crippen LogP contribution in [0.5, 0.6) is 0 Å². The summed E-state index contributed by atoms with van der Waals surface area (Å²) in [5.74, 6) is -0.145. The van der Waals surface area contributed by atoms with Gasteiger partial charge in [0.2, 0.25) is 0 Å². The maximum atomic E-state index is 10.7. The van der Waals surface area contributed by atoms with E-state index in [0.29, 0.717) is 12.5 Å².